The first kappa shape index (κ1) is 23.2. The molecule has 0 saturated carbocycles. The highest BCUT2D eigenvalue weighted by Gasteiger charge is 2.46. The molecule has 1 amide bonds. The van der Waals surface area contributed by atoms with Crippen LogP contribution < -0.4 is 10.1 Å². The van der Waals surface area contributed by atoms with Gasteiger partial charge >= 0.3 is 0 Å². The van der Waals surface area contributed by atoms with E-state index in [4.69, 9.17) is 4.74 Å². The number of nitrogens with one attached hydrogen (secondary N) is 1. The molecule has 3 aromatic rings. The van der Waals surface area contributed by atoms with Crippen molar-refractivity contribution in [2.24, 2.45) is 0 Å². The van der Waals surface area contributed by atoms with Gasteiger partial charge in [0.1, 0.15) is 11.8 Å². The summed E-state index contributed by atoms with van der Waals surface area (Å²) in [5.41, 5.74) is 2.70. The number of carbonyl (C=O) groups is 1. The number of morpholine rings is 1. The molecule has 2 heterocycles. The van der Waals surface area contributed by atoms with Gasteiger partial charge in [0.05, 0.1) is 24.8 Å². The third-order valence-electron chi connectivity index (χ3n) is 6.55. The Kier molecular flexibility index (Phi) is 6.63. The van der Waals surface area contributed by atoms with Crippen LogP contribution in [0, 0.1) is 5.21 Å². The van der Waals surface area contributed by atoms with Crippen LogP contribution in [0.5, 0.6) is 0 Å². The first-order valence-corrected chi connectivity index (χ1v) is 11.6. The fraction of sp³-hybridized carbons (Fsp3) is 0.222. The number of rotatable bonds is 6. The SMILES string of the molecule is O=C1C(C(c2ccc([NH+]([O-])O)cc2)N2CCOCC2)=C(O)C(c2ccccc2)N1c1ccccc1. The van der Waals surface area contributed by atoms with Crippen molar-refractivity contribution in [3.8, 4) is 0 Å². The van der Waals surface area contributed by atoms with E-state index in [0.717, 1.165) is 11.1 Å². The van der Waals surface area contributed by atoms with E-state index in [-0.39, 0.29) is 17.4 Å². The zero-order chi connectivity index (χ0) is 24.4. The molecule has 3 atom stereocenters. The van der Waals surface area contributed by atoms with E-state index in [2.05, 4.69) is 4.90 Å². The number of anilines is 1. The van der Waals surface area contributed by atoms with E-state index in [1.54, 1.807) is 17.0 Å². The Bertz CT molecular complexity index is 1190. The Labute approximate surface area is 203 Å². The van der Waals surface area contributed by atoms with Gasteiger partial charge in [0.2, 0.25) is 0 Å². The number of aliphatic hydroxyl groups excluding tert-OH is 1. The summed E-state index contributed by atoms with van der Waals surface area (Å²) in [6, 6.07) is 24.1. The first-order chi connectivity index (χ1) is 17.1. The van der Waals surface area contributed by atoms with Crippen LogP contribution >= 0.6 is 0 Å². The van der Waals surface area contributed by atoms with Gasteiger partial charge in [0, 0.05) is 30.9 Å². The average molecular weight is 474 g/mol. The van der Waals surface area contributed by atoms with Gasteiger partial charge in [-0.3, -0.25) is 14.6 Å². The molecule has 0 aliphatic carbocycles. The summed E-state index contributed by atoms with van der Waals surface area (Å²) in [4.78, 5) is 17.8. The lowest BCUT2D eigenvalue weighted by molar-refractivity contribution is -0.991. The van der Waals surface area contributed by atoms with Crippen molar-refractivity contribution < 1.29 is 25.1 Å². The minimum atomic E-state index is -1.02. The summed E-state index contributed by atoms with van der Waals surface area (Å²) >= 11 is 0. The standard InChI is InChI=1S/C27H27N3O5/c31-26-23(24(28-15-17-35-18-16-28)20-11-13-22(14-12-20)30(33)34)27(32)29(21-9-5-2-6-10-21)25(26)19-7-3-1-4-8-19/h1-14,24-25,30-31,33H,15-18H2. The lowest BCUT2D eigenvalue weighted by Crippen LogP contribution is -2.99. The highest BCUT2D eigenvalue weighted by Crippen LogP contribution is 2.45. The number of nitrogens with zero attached hydrogens (tertiary/aromatic N) is 2. The summed E-state index contributed by atoms with van der Waals surface area (Å²) in [7, 11) is 0. The van der Waals surface area contributed by atoms with E-state index in [0.29, 0.717) is 37.6 Å². The molecule has 8 nitrogen and oxygen atoms in total. The number of hydrogen-bond acceptors (Lipinski definition) is 6. The fourth-order valence-electron chi connectivity index (χ4n) is 4.88. The van der Waals surface area contributed by atoms with Crippen LogP contribution in [-0.2, 0) is 9.53 Å². The second-order valence-electron chi connectivity index (χ2n) is 8.60. The van der Waals surface area contributed by atoms with Crippen molar-refractivity contribution >= 4 is 17.3 Å². The second kappa shape index (κ2) is 9.99. The maximum Gasteiger partial charge on any atom is 0.260 e. The van der Waals surface area contributed by atoms with Crippen LogP contribution in [0.2, 0.25) is 0 Å². The number of para-hydroxylation sites is 1. The van der Waals surface area contributed by atoms with Crippen LogP contribution in [-0.4, -0.2) is 47.4 Å². The number of amides is 1. The molecule has 2 aliphatic rings. The Morgan fingerprint density at radius 2 is 1.51 bits per heavy atom. The third-order valence-corrected chi connectivity index (χ3v) is 6.55. The normalized spacial score (nSPS) is 20.8. The minimum Gasteiger partial charge on any atom is -0.595 e. The van der Waals surface area contributed by atoms with Crippen molar-refractivity contribution in [3.05, 3.63) is 113 Å². The Morgan fingerprint density at radius 3 is 2.11 bits per heavy atom. The molecule has 8 heteroatoms. The molecule has 3 N–H and O–H groups in total. The average Bonchev–Trinajstić information content (AvgIpc) is 3.16. The molecular weight excluding hydrogens is 446 g/mol. The number of carbonyl (C=O) groups excluding carboxylic acids is 1. The lowest BCUT2D eigenvalue weighted by atomic mass is 9.94. The molecule has 3 unspecified atom stereocenters. The van der Waals surface area contributed by atoms with Crippen LogP contribution in [0.4, 0.5) is 11.4 Å². The largest absolute Gasteiger partial charge is 0.595 e. The van der Waals surface area contributed by atoms with Crippen molar-refractivity contribution in [2.75, 3.05) is 31.2 Å². The van der Waals surface area contributed by atoms with E-state index < -0.39 is 17.3 Å². The predicted molar refractivity (Wildman–Crippen MR) is 130 cm³/mol. The predicted octanol–water partition coefficient (Wildman–Crippen LogP) is 3.06. The van der Waals surface area contributed by atoms with E-state index in [1.165, 1.54) is 12.1 Å². The quantitative estimate of drug-likeness (QED) is 0.476. The van der Waals surface area contributed by atoms with E-state index >= 15 is 0 Å². The number of benzene rings is 3. The summed E-state index contributed by atoms with van der Waals surface area (Å²) < 4.78 is 5.54. The van der Waals surface area contributed by atoms with E-state index in [1.807, 2.05) is 60.7 Å². The third kappa shape index (κ3) is 4.45. The Balaban J connectivity index is 1.65. The molecule has 180 valence electrons. The number of aliphatic hydroxyl groups is 1. The molecule has 0 spiro atoms. The minimum absolute atomic E-state index is 0.00357. The van der Waals surface area contributed by atoms with Gasteiger partial charge in [-0.05, 0) is 23.3 Å². The number of hydrogen-bond donors (Lipinski definition) is 3. The fourth-order valence-corrected chi connectivity index (χ4v) is 4.88. The lowest BCUT2D eigenvalue weighted by Gasteiger charge is -2.35. The van der Waals surface area contributed by atoms with Crippen molar-refractivity contribution in [1.82, 2.24) is 4.90 Å². The van der Waals surface area contributed by atoms with Crippen LogP contribution in [0.15, 0.2) is 96.3 Å². The Hall–Kier alpha value is -3.53. The van der Waals surface area contributed by atoms with Crippen LogP contribution in [0.1, 0.15) is 23.2 Å². The van der Waals surface area contributed by atoms with Crippen molar-refractivity contribution in [1.29, 1.82) is 0 Å². The highest BCUT2D eigenvalue weighted by atomic mass is 16.8. The molecule has 1 saturated heterocycles. The first-order valence-electron chi connectivity index (χ1n) is 11.6. The van der Waals surface area contributed by atoms with Gasteiger partial charge in [-0.1, -0.05) is 60.7 Å². The molecule has 2 aliphatic heterocycles. The Morgan fingerprint density at radius 1 is 0.914 bits per heavy atom. The van der Waals surface area contributed by atoms with Gasteiger partial charge in [-0.25, -0.2) is 5.21 Å². The van der Waals surface area contributed by atoms with Gasteiger partial charge < -0.3 is 15.1 Å². The highest BCUT2D eigenvalue weighted by molar-refractivity contribution is 6.10. The number of quaternary nitrogens is 1. The van der Waals surface area contributed by atoms with Gasteiger partial charge in [0.15, 0.2) is 5.69 Å². The smallest absolute Gasteiger partial charge is 0.260 e. The second-order valence-corrected chi connectivity index (χ2v) is 8.60. The maximum atomic E-state index is 14.1. The molecule has 0 bridgehead atoms. The molecule has 0 aromatic heterocycles. The van der Waals surface area contributed by atoms with E-state index in [9.17, 15) is 20.3 Å². The molecule has 1 fully saturated rings. The van der Waals surface area contributed by atoms with Crippen molar-refractivity contribution in [2.45, 2.75) is 12.1 Å². The summed E-state index contributed by atoms with van der Waals surface area (Å²) in [5.74, 6) is -0.273. The molecular formula is C27H27N3O5. The maximum absolute atomic E-state index is 14.1. The monoisotopic (exact) mass is 473 g/mol. The molecule has 5 rings (SSSR count). The van der Waals surface area contributed by atoms with Gasteiger partial charge in [-0.2, -0.15) is 5.23 Å². The molecule has 3 aromatic carbocycles. The van der Waals surface area contributed by atoms with Gasteiger partial charge in [0.25, 0.3) is 5.91 Å². The zero-order valence-electron chi connectivity index (χ0n) is 19.1. The van der Waals surface area contributed by atoms with Crippen molar-refractivity contribution in [3.63, 3.8) is 0 Å². The van der Waals surface area contributed by atoms with Crippen LogP contribution in [0.3, 0.4) is 0 Å². The van der Waals surface area contributed by atoms with Crippen LogP contribution in [0.25, 0.3) is 0 Å². The summed E-state index contributed by atoms with van der Waals surface area (Å²) in [5, 5.41) is 31.4. The topological polar surface area (TPSA) is 101 Å². The molecule has 0 radical (unpaired) electrons. The molecule has 35 heavy (non-hydrogen) atoms. The summed E-state index contributed by atoms with van der Waals surface area (Å²) in [6.45, 7) is 2.18. The summed E-state index contributed by atoms with van der Waals surface area (Å²) in [6.07, 6.45) is 0. The van der Waals surface area contributed by atoms with Gasteiger partial charge in [-0.15, -0.1) is 0 Å². The number of ether oxygens (including phenoxy) is 1. The zero-order valence-corrected chi connectivity index (χ0v) is 19.1.